The van der Waals surface area contributed by atoms with Crippen LogP contribution in [0.3, 0.4) is 0 Å². The first-order valence-electron chi connectivity index (χ1n) is 5.04. The van der Waals surface area contributed by atoms with Gasteiger partial charge in [-0.25, -0.2) is 8.60 Å². The van der Waals surface area contributed by atoms with Crippen molar-refractivity contribution in [3.05, 3.63) is 35.6 Å². The number of rotatable bonds is 2. The Labute approximate surface area is 98.2 Å². The first kappa shape index (κ1) is 13.0. The molecular weight excluding hydrogens is 225 g/mol. The van der Waals surface area contributed by atoms with Crippen LogP contribution < -0.4 is 0 Å². The quantitative estimate of drug-likeness (QED) is 0.732. The number of nitrogens with zero attached hydrogens (tertiary/aromatic N) is 1. The van der Waals surface area contributed by atoms with Crippen LogP contribution in [0.5, 0.6) is 0 Å². The van der Waals surface area contributed by atoms with E-state index in [0.29, 0.717) is 5.71 Å². The Bertz CT molecular complexity index is 418. The van der Waals surface area contributed by atoms with Crippen molar-refractivity contribution in [1.29, 1.82) is 0 Å². The maximum Gasteiger partial charge on any atom is 0.145 e. The van der Waals surface area contributed by atoms with Crippen LogP contribution in [0.25, 0.3) is 0 Å². The number of hydrogen-bond acceptors (Lipinski definition) is 1. The third kappa shape index (κ3) is 3.52. The lowest BCUT2D eigenvalue weighted by atomic mass is 10.1. The molecule has 88 valence electrons. The predicted molar refractivity (Wildman–Crippen MR) is 66.5 cm³/mol. The summed E-state index contributed by atoms with van der Waals surface area (Å²) in [6, 6.07) is 6.00. The molecule has 1 atom stereocenters. The normalized spacial score (nSPS) is 14.9. The molecule has 0 bridgehead atoms. The minimum Gasteiger partial charge on any atom is -0.234 e. The highest BCUT2D eigenvalue weighted by Crippen LogP contribution is 2.14. The van der Waals surface area contributed by atoms with Gasteiger partial charge in [0, 0.05) is 0 Å². The summed E-state index contributed by atoms with van der Waals surface area (Å²) in [5, 5.41) is 0. The van der Waals surface area contributed by atoms with E-state index >= 15 is 0 Å². The van der Waals surface area contributed by atoms with E-state index in [2.05, 4.69) is 4.40 Å². The predicted octanol–water partition coefficient (Wildman–Crippen LogP) is 3.10. The summed E-state index contributed by atoms with van der Waals surface area (Å²) in [5.74, 6) is -0.284. The fourth-order valence-electron chi connectivity index (χ4n) is 1.01. The summed E-state index contributed by atoms with van der Waals surface area (Å²) >= 11 is 0. The molecule has 0 heterocycles. The molecule has 0 spiro atoms. The van der Waals surface area contributed by atoms with Crippen molar-refractivity contribution in [2.45, 2.75) is 32.4 Å². The molecule has 1 rings (SSSR count). The number of benzene rings is 1. The van der Waals surface area contributed by atoms with Crippen molar-refractivity contribution in [1.82, 2.24) is 0 Å². The molecule has 0 saturated carbocycles. The molecule has 0 N–H and O–H groups in total. The van der Waals surface area contributed by atoms with Gasteiger partial charge in [0.05, 0.1) is 10.5 Å². The Balaban J connectivity index is 2.94. The van der Waals surface area contributed by atoms with Crippen LogP contribution in [0.15, 0.2) is 28.7 Å². The zero-order valence-corrected chi connectivity index (χ0v) is 10.8. The van der Waals surface area contributed by atoms with Gasteiger partial charge < -0.3 is 0 Å². The van der Waals surface area contributed by atoms with Crippen molar-refractivity contribution in [3.63, 3.8) is 0 Å². The Morgan fingerprint density at radius 3 is 2.19 bits per heavy atom. The standard InChI is InChI=1S/C12H16FNOS/c1-9(14-16(15)12(2,3)4)10-5-7-11(13)8-6-10/h5-8H,1-4H3/t16-/m1/s1. The lowest BCUT2D eigenvalue weighted by Gasteiger charge is -2.14. The molecule has 0 fully saturated rings. The fraction of sp³-hybridized carbons (Fsp3) is 0.417. The van der Waals surface area contributed by atoms with Crippen molar-refractivity contribution in [2.24, 2.45) is 4.40 Å². The van der Waals surface area contributed by atoms with E-state index < -0.39 is 11.0 Å². The molecule has 0 unspecified atom stereocenters. The summed E-state index contributed by atoms with van der Waals surface area (Å²) in [7, 11) is -1.28. The third-order valence-corrected chi connectivity index (χ3v) is 3.49. The Hall–Kier alpha value is -1.03. The van der Waals surface area contributed by atoms with Gasteiger partial charge in [0.15, 0.2) is 0 Å². The lowest BCUT2D eigenvalue weighted by Crippen LogP contribution is -2.20. The van der Waals surface area contributed by atoms with Gasteiger partial charge in [0.1, 0.15) is 16.8 Å². The minimum atomic E-state index is -1.28. The van der Waals surface area contributed by atoms with Crippen LogP contribution in [0.1, 0.15) is 33.3 Å². The highest BCUT2D eigenvalue weighted by Gasteiger charge is 2.19. The highest BCUT2D eigenvalue weighted by atomic mass is 32.2. The Kier molecular flexibility index (Phi) is 3.97. The van der Waals surface area contributed by atoms with E-state index in [4.69, 9.17) is 0 Å². The molecule has 16 heavy (non-hydrogen) atoms. The topological polar surface area (TPSA) is 29.4 Å². The van der Waals surface area contributed by atoms with E-state index in [0.717, 1.165) is 5.56 Å². The van der Waals surface area contributed by atoms with E-state index in [1.54, 1.807) is 19.1 Å². The molecule has 0 aliphatic carbocycles. The SMILES string of the molecule is CC(=N[S@](=O)C(C)(C)C)c1ccc(F)cc1. The fourth-order valence-corrected chi connectivity index (χ4v) is 1.63. The molecule has 1 aromatic carbocycles. The largest absolute Gasteiger partial charge is 0.234 e. The zero-order chi connectivity index (χ0) is 12.3. The van der Waals surface area contributed by atoms with Gasteiger partial charge in [-0.1, -0.05) is 12.1 Å². The molecule has 0 amide bonds. The van der Waals surface area contributed by atoms with Crippen LogP contribution in [-0.2, 0) is 11.0 Å². The summed E-state index contributed by atoms with van der Waals surface area (Å²) in [4.78, 5) is 0. The van der Waals surface area contributed by atoms with Gasteiger partial charge in [0.2, 0.25) is 0 Å². The molecule has 0 aromatic heterocycles. The second-order valence-electron chi connectivity index (χ2n) is 4.55. The van der Waals surface area contributed by atoms with E-state index in [1.165, 1.54) is 12.1 Å². The molecule has 4 heteroatoms. The van der Waals surface area contributed by atoms with Gasteiger partial charge in [-0.05, 0) is 45.4 Å². The number of hydrogen-bond donors (Lipinski definition) is 0. The van der Waals surface area contributed by atoms with E-state index in [9.17, 15) is 8.60 Å². The summed E-state index contributed by atoms with van der Waals surface area (Å²) in [5.41, 5.74) is 1.45. The van der Waals surface area contributed by atoms with Gasteiger partial charge in [0.25, 0.3) is 0 Å². The maximum absolute atomic E-state index is 12.7. The summed E-state index contributed by atoms with van der Waals surface area (Å²) in [6.45, 7) is 7.37. The van der Waals surface area contributed by atoms with Gasteiger partial charge in [-0.3, -0.25) is 0 Å². The third-order valence-electron chi connectivity index (χ3n) is 2.01. The molecule has 2 nitrogen and oxygen atoms in total. The summed E-state index contributed by atoms with van der Waals surface area (Å²) < 4.78 is 28.2. The molecule has 0 radical (unpaired) electrons. The molecule has 0 saturated heterocycles. The highest BCUT2D eigenvalue weighted by molar-refractivity contribution is 7.85. The number of halogens is 1. The first-order valence-corrected chi connectivity index (χ1v) is 6.14. The molecular formula is C12H16FNOS. The Morgan fingerprint density at radius 1 is 1.25 bits per heavy atom. The average molecular weight is 241 g/mol. The van der Waals surface area contributed by atoms with E-state index in [-0.39, 0.29) is 10.6 Å². The van der Waals surface area contributed by atoms with Crippen LogP contribution >= 0.6 is 0 Å². The Morgan fingerprint density at radius 2 is 1.75 bits per heavy atom. The van der Waals surface area contributed by atoms with Crippen molar-refractivity contribution < 1.29 is 8.60 Å². The molecule has 0 aliphatic rings. The van der Waals surface area contributed by atoms with Gasteiger partial charge in [-0.15, -0.1) is 0 Å². The minimum absolute atomic E-state index is 0.284. The first-order chi connectivity index (χ1) is 7.30. The summed E-state index contributed by atoms with van der Waals surface area (Å²) in [6.07, 6.45) is 0. The zero-order valence-electron chi connectivity index (χ0n) is 9.95. The second-order valence-corrected chi connectivity index (χ2v) is 6.45. The second kappa shape index (κ2) is 4.87. The smallest absolute Gasteiger partial charge is 0.145 e. The van der Waals surface area contributed by atoms with Gasteiger partial charge >= 0.3 is 0 Å². The van der Waals surface area contributed by atoms with Crippen molar-refractivity contribution in [3.8, 4) is 0 Å². The monoisotopic (exact) mass is 241 g/mol. The van der Waals surface area contributed by atoms with Crippen molar-refractivity contribution in [2.75, 3.05) is 0 Å². The molecule has 1 aromatic rings. The van der Waals surface area contributed by atoms with Crippen LogP contribution in [0.2, 0.25) is 0 Å². The molecule has 0 aliphatic heterocycles. The van der Waals surface area contributed by atoms with Gasteiger partial charge in [-0.2, -0.15) is 4.40 Å². The van der Waals surface area contributed by atoms with Crippen molar-refractivity contribution >= 4 is 16.7 Å². The maximum atomic E-state index is 12.7. The average Bonchev–Trinajstić information content (AvgIpc) is 2.17. The van der Waals surface area contributed by atoms with Crippen LogP contribution in [0.4, 0.5) is 4.39 Å². The van der Waals surface area contributed by atoms with Crippen LogP contribution in [-0.4, -0.2) is 14.7 Å². The lowest BCUT2D eigenvalue weighted by molar-refractivity contribution is 0.628. The van der Waals surface area contributed by atoms with E-state index in [1.807, 2.05) is 20.8 Å². The van der Waals surface area contributed by atoms with Crippen LogP contribution in [0, 0.1) is 5.82 Å².